The van der Waals surface area contributed by atoms with Crippen LogP contribution in [0.5, 0.6) is 0 Å². The van der Waals surface area contributed by atoms with E-state index >= 15 is 0 Å². The van der Waals surface area contributed by atoms with E-state index in [0.29, 0.717) is 0 Å². The van der Waals surface area contributed by atoms with Crippen molar-refractivity contribution in [2.45, 2.75) is 32.5 Å². The molecule has 0 bridgehead atoms. The predicted octanol–water partition coefficient (Wildman–Crippen LogP) is 1.18. The molecule has 1 aliphatic rings. The molecule has 3 N–H and O–H groups in total. The zero-order valence-electron chi connectivity index (χ0n) is 12.8. The summed E-state index contributed by atoms with van der Waals surface area (Å²) in [4.78, 5) is 7.30. The van der Waals surface area contributed by atoms with Crippen molar-refractivity contribution in [3.05, 3.63) is 30.1 Å². The fraction of sp³-hybridized carbons (Fsp3) is 0.562. The molecule has 3 rings (SSSR count). The number of hydrogen-bond acceptors (Lipinski definition) is 4. The SMILES string of the molecule is CCC(N)Cn1c(CN2CCNCC2)nc2ccccc21. The van der Waals surface area contributed by atoms with Gasteiger partial charge in [-0.3, -0.25) is 4.90 Å². The highest BCUT2D eigenvalue weighted by Gasteiger charge is 2.17. The van der Waals surface area contributed by atoms with Crippen molar-refractivity contribution in [2.24, 2.45) is 5.73 Å². The Labute approximate surface area is 126 Å². The molecule has 1 aliphatic heterocycles. The van der Waals surface area contributed by atoms with Crippen LogP contribution in [0.1, 0.15) is 19.2 Å². The Kier molecular flexibility index (Phi) is 4.53. The highest BCUT2D eigenvalue weighted by Crippen LogP contribution is 2.18. The van der Waals surface area contributed by atoms with Gasteiger partial charge in [-0.05, 0) is 18.6 Å². The van der Waals surface area contributed by atoms with Crippen LogP contribution in [0.15, 0.2) is 24.3 Å². The number of benzene rings is 1. The van der Waals surface area contributed by atoms with Gasteiger partial charge in [-0.15, -0.1) is 0 Å². The number of fused-ring (bicyclic) bond motifs is 1. The van der Waals surface area contributed by atoms with Crippen molar-refractivity contribution < 1.29 is 0 Å². The van der Waals surface area contributed by atoms with Gasteiger partial charge >= 0.3 is 0 Å². The molecular weight excluding hydrogens is 262 g/mol. The Bertz CT molecular complexity index is 585. The summed E-state index contributed by atoms with van der Waals surface area (Å²) >= 11 is 0. The highest BCUT2D eigenvalue weighted by molar-refractivity contribution is 5.75. The minimum Gasteiger partial charge on any atom is -0.326 e. The Balaban J connectivity index is 1.89. The molecule has 1 aromatic carbocycles. The molecule has 2 aromatic rings. The van der Waals surface area contributed by atoms with E-state index in [1.54, 1.807) is 0 Å². The van der Waals surface area contributed by atoms with Crippen molar-refractivity contribution in [3.63, 3.8) is 0 Å². The lowest BCUT2D eigenvalue weighted by atomic mass is 10.2. The molecule has 0 amide bonds. The summed E-state index contributed by atoms with van der Waals surface area (Å²) in [7, 11) is 0. The van der Waals surface area contributed by atoms with Crippen LogP contribution in [0.4, 0.5) is 0 Å². The minimum absolute atomic E-state index is 0.185. The van der Waals surface area contributed by atoms with Gasteiger partial charge in [-0.25, -0.2) is 4.98 Å². The number of aromatic nitrogens is 2. The van der Waals surface area contributed by atoms with Gasteiger partial charge < -0.3 is 15.6 Å². The lowest BCUT2D eigenvalue weighted by Crippen LogP contribution is -2.43. The van der Waals surface area contributed by atoms with Crippen LogP contribution in [0, 0.1) is 0 Å². The molecular formula is C16H25N5. The van der Waals surface area contributed by atoms with Crippen LogP contribution in [-0.4, -0.2) is 46.7 Å². The van der Waals surface area contributed by atoms with Crippen LogP contribution in [0.2, 0.25) is 0 Å². The molecule has 0 radical (unpaired) electrons. The van der Waals surface area contributed by atoms with Crippen molar-refractivity contribution in [3.8, 4) is 0 Å². The summed E-state index contributed by atoms with van der Waals surface area (Å²) in [5, 5.41) is 3.39. The van der Waals surface area contributed by atoms with E-state index in [2.05, 4.69) is 39.9 Å². The van der Waals surface area contributed by atoms with Gasteiger partial charge in [-0.2, -0.15) is 0 Å². The number of nitrogens with two attached hydrogens (primary N) is 1. The van der Waals surface area contributed by atoms with Gasteiger partial charge in [0.15, 0.2) is 0 Å². The third-order valence-corrected chi connectivity index (χ3v) is 4.25. The first-order valence-corrected chi connectivity index (χ1v) is 7.90. The molecule has 5 heteroatoms. The normalized spacial score (nSPS) is 18.2. The molecule has 1 unspecified atom stereocenters. The maximum atomic E-state index is 6.19. The Hall–Kier alpha value is -1.43. The third kappa shape index (κ3) is 3.26. The van der Waals surface area contributed by atoms with Crippen LogP contribution in [-0.2, 0) is 13.1 Å². The molecule has 114 valence electrons. The standard InChI is InChI=1S/C16H25N5/c1-2-13(17)11-21-15-6-4-3-5-14(15)19-16(21)12-20-9-7-18-8-10-20/h3-6,13,18H,2,7-12,17H2,1H3. The predicted molar refractivity (Wildman–Crippen MR) is 86.1 cm³/mol. The van der Waals surface area contributed by atoms with E-state index in [0.717, 1.165) is 57.0 Å². The van der Waals surface area contributed by atoms with Crippen molar-refractivity contribution in [1.29, 1.82) is 0 Å². The van der Waals surface area contributed by atoms with Crippen LogP contribution in [0.3, 0.4) is 0 Å². The van der Waals surface area contributed by atoms with E-state index in [1.165, 1.54) is 5.52 Å². The highest BCUT2D eigenvalue weighted by atomic mass is 15.2. The van der Waals surface area contributed by atoms with Gasteiger partial charge in [0.2, 0.25) is 0 Å². The van der Waals surface area contributed by atoms with Gasteiger partial charge in [0.05, 0.1) is 17.6 Å². The monoisotopic (exact) mass is 287 g/mol. The molecule has 21 heavy (non-hydrogen) atoms. The summed E-state index contributed by atoms with van der Waals surface area (Å²) in [5.74, 6) is 1.14. The second-order valence-electron chi connectivity index (χ2n) is 5.82. The van der Waals surface area contributed by atoms with E-state index in [-0.39, 0.29) is 6.04 Å². The summed E-state index contributed by atoms with van der Waals surface area (Å²) in [5.41, 5.74) is 8.46. The molecule has 1 atom stereocenters. The van der Waals surface area contributed by atoms with E-state index in [9.17, 15) is 0 Å². The molecule has 1 saturated heterocycles. The fourth-order valence-electron chi connectivity index (χ4n) is 2.88. The van der Waals surface area contributed by atoms with Gasteiger partial charge in [0, 0.05) is 38.8 Å². The number of rotatable bonds is 5. The Morgan fingerprint density at radius 2 is 2.05 bits per heavy atom. The number of nitrogens with zero attached hydrogens (tertiary/aromatic N) is 3. The molecule has 0 spiro atoms. The quantitative estimate of drug-likeness (QED) is 0.867. The summed E-state index contributed by atoms with van der Waals surface area (Å²) in [6.45, 7) is 8.19. The number of nitrogens with one attached hydrogen (secondary N) is 1. The van der Waals surface area contributed by atoms with E-state index in [4.69, 9.17) is 10.7 Å². The fourth-order valence-corrected chi connectivity index (χ4v) is 2.88. The van der Waals surface area contributed by atoms with Gasteiger partial charge in [0.1, 0.15) is 5.82 Å². The second kappa shape index (κ2) is 6.56. The lowest BCUT2D eigenvalue weighted by molar-refractivity contribution is 0.225. The first kappa shape index (κ1) is 14.5. The average Bonchev–Trinajstić information content (AvgIpc) is 2.86. The zero-order valence-corrected chi connectivity index (χ0v) is 12.8. The number of hydrogen-bond donors (Lipinski definition) is 2. The summed E-state index contributed by atoms with van der Waals surface area (Å²) < 4.78 is 2.31. The van der Waals surface area contributed by atoms with Crippen LogP contribution >= 0.6 is 0 Å². The second-order valence-corrected chi connectivity index (χ2v) is 5.82. The third-order valence-electron chi connectivity index (χ3n) is 4.25. The lowest BCUT2D eigenvalue weighted by Gasteiger charge is -2.27. The average molecular weight is 287 g/mol. The van der Waals surface area contributed by atoms with Crippen LogP contribution < -0.4 is 11.1 Å². The Morgan fingerprint density at radius 3 is 2.81 bits per heavy atom. The Morgan fingerprint density at radius 1 is 1.29 bits per heavy atom. The van der Waals surface area contributed by atoms with Crippen molar-refractivity contribution in [2.75, 3.05) is 26.2 Å². The number of piperazine rings is 1. The van der Waals surface area contributed by atoms with Crippen LogP contribution in [0.25, 0.3) is 11.0 Å². The van der Waals surface area contributed by atoms with Crippen molar-refractivity contribution >= 4 is 11.0 Å². The minimum atomic E-state index is 0.185. The maximum absolute atomic E-state index is 6.19. The van der Waals surface area contributed by atoms with E-state index in [1.807, 2.05) is 6.07 Å². The first-order valence-electron chi connectivity index (χ1n) is 7.90. The van der Waals surface area contributed by atoms with Crippen molar-refractivity contribution in [1.82, 2.24) is 19.8 Å². The topological polar surface area (TPSA) is 59.1 Å². The van der Waals surface area contributed by atoms with E-state index < -0.39 is 0 Å². The van der Waals surface area contributed by atoms with Gasteiger partial charge in [-0.1, -0.05) is 19.1 Å². The number of para-hydroxylation sites is 2. The maximum Gasteiger partial charge on any atom is 0.124 e. The molecule has 5 nitrogen and oxygen atoms in total. The molecule has 0 aliphatic carbocycles. The first-order chi connectivity index (χ1) is 10.3. The molecule has 1 fully saturated rings. The largest absolute Gasteiger partial charge is 0.326 e. The van der Waals surface area contributed by atoms with Gasteiger partial charge in [0.25, 0.3) is 0 Å². The number of imidazole rings is 1. The molecule has 0 saturated carbocycles. The molecule has 1 aromatic heterocycles. The smallest absolute Gasteiger partial charge is 0.124 e. The molecule has 2 heterocycles. The zero-order chi connectivity index (χ0) is 14.7. The summed E-state index contributed by atoms with van der Waals surface area (Å²) in [6, 6.07) is 8.54. The summed E-state index contributed by atoms with van der Waals surface area (Å²) in [6.07, 6.45) is 0.986.